The van der Waals surface area contributed by atoms with Crippen molar-refractivity contribution in [2.45, 2.75) is 141 Å². The van der Waals surface area contributed by atoms with E-state index >= 15 is 4.79 Å². The lowest BCUT2D eigenvalue weighted by molar-refractivity contribution is -0.167. The molecule has 18 heteroatoms. The van der Waals surface area contributed by atoms with Crippen LogP contribution in [0.25, 0.3) is 0 Å². The Balaban J connectivity index is 1.22. The first-order valence-corrected chi connectivity index (χ1v) is 27.2. The van der Waals surface area contributed by atoms with Gasteiger partial charge >= 0.3 is 11.9 Å². The van der Waals surface area contributed by atoms with Crippen LogP contribution in [0.15, 0.2) is 115 Å². The fraction of sp³-hybridized carbons (Fsp3) is 0.459. The van der Waals surface area contributed by atoms with E-state index in [1.807, 2.05) is 6.07 Å². The SMILES string of the molecule is CC(C)[C@@H]1NC(=O)[C@H](Cc2ccccc2)N(C)C(=O)[C@H](Cc2ccccc2)N2C(=O)[C@H](CC[C@H]2O)CC(=O)[C@H](C2CC2)NC(=O)[C@@H](CC(=O)[C@H](Cc2cccc(F)c2)NC(=O)[C@H](C)CC(=O)OCc2ccccc2)[C@@H](C)OC1=O. The van der Waals surface area contributed by atoms with E-state index in [4.69, 9.17) is 9.47 Å². The number of fused-ring (bicyclic) bond motifs is 2. The van der Waals surface area contributed by atoms with Crippen LogP contribution in [0.3, 0.4) is 0 Å². The number of benzene rings is 4. The van der Waals surface area contributed by atoms with Gasteiger partial charge in [-0.2, -0.15) is 0 Å². The molecule has 0 spiro atoms. The van der Waals surface area contributed by atoms with Crippen LogP contribution in [0, 0.1) is 35.4 Å². The third-order valence-electron chi connectivity index (χ3n) is 15.2. The number of carbonyl (C=O) groups is 9. The van der Waals surface area contributed by atoms with Crippen molar-refractivity contribution in [3.05, 3.63) is 143 Å². The van der Waals surface area contributed by atoms with Crippen LogP contribution in [0.1, 0.15) is 94.9 Å². The molecule has 0 unspecified atom stereocenters. The molecule has 2 bridgehead atoms. The number of cyclic esters (lactones) is 1. The average Bonchev–Trinajstić information content (AvgIpc) is 4.32. The number of esters is 2. The van der Waals surface area contributed by atoms with Gasteiger partial charge in [-0.25, -0.2) is 9.18 Å². The maximum absolute atomic E-state index is 15.1. The number of ketones is 2. The largest absolute Gasteiger partial charge is 0.461 e. The Kier molecular flexibility index (Phi) is 20.4. The number of hydrogen-bond donors (Lipinski definition) is 4. The first-order chi connectivity index (χ1) is 37.8. The summed E-state index contributed by atoms with van der Waals surface area (Å²) < 4.78 is 26.1. The number of nitrogens with zero attached hydrogens (tertiary/aromatic N) is 2. The van der Waals surface area contributed by atoms with Gasteiger partial charge in [0.2, 0.25) is 29.5 Å². The second-order valence-corrected chi connectivity index (χ2v) is 21.7. The number of nitrogens with one attached hydrogen (secondary N) is 3. The van der Waals surface area contributed by atoms with Crippen LogP contribution in [0.4, 0.5) is 4.39 Å². The van der Waals surface area contributed by atoms with Gasteiger partial charge in [0.25, 0.3) is 0 Å². The van der Waals surface area contributed by atoms with Crippen LogP contribution in [0.2, 0.25) is 0 Å². The molecule has 2 aliphatic heterocycles. The van der Waals surface area contributed by atoms with E-state index in [0.29, 0.717) is 29.5 Å². The highest BCUT2D eigenvalue weighted by Gasteiger charge is 2.47. The molecule has 3 fully saturated rings. The first kappa shape index (κ1) is 59.1. The van der Waals surface area contributed by atoms with E-state index in [9.17, 15) is 47.9 Å². The Labute approximate surface area is 460 Å². The van der Waals surface area contributed by atoms with Crippen molar-refractivity contribution in [2.75, 3.05) is 7.05 Å². The summed E-state index contributed by atoms with van der Waals surface area (Å²) in [6, 6.07) is 25.5. The van der Waals surface area contributed by atoms with E-state index in [1.165, 1.54) is 44.0 Å². The zero-order valence-corrected chi connectivity index (χ0v) is 45.4. The quantitative estimate of drug-likeness (QED) is 0.0977. The maximum atomic E-state index is 15.1. The summed E-state index contributed by atoms with van der Waals surface area (Å²) >= 11 is 0. The van der Waals surface area contributed by atoms with Crippen LogP contribution in [0.5, 0.6) is 0 Å². The zero-order valence-electron chi connectivity index (χ0n) is 45.4. The number of rotatable bonds is 17. The molecular weight excluding hydrogens is 1010 g/mol. The molecular formula is C61H72FN5O12. The van der Waals surface area contributed by atoms with Crippen LogP contribution < -0.4 is 16.0 Å². The second-order valence-electron chi connectivity index (χ2n) is 21.7. The maximum Gasteiger partial charge on any atom is 0.329 e. The van der Waals surface area contributed by atoms with E-state index < -0.39 is 131 Å². The topological polar surface area (TPSA) is 235 Å². The van der Waals surface area contributed by atoms with Gasteiger partial charge in [-0.15, -0.1) is 0 Å². The van der Waals surface area contributed by atoms with Crippen molar-refractivity contribution in [3.8, 4) is 0 Å². The number of carbonyl (C=O) groups excluding carboxylic acids is 9. The summed E-state index contributed by atoms with van der Waals surface area (Å²) in [5.41, 5.74) is 2.38. The molecule has 3 aliphatic rings. The second kappa shape index (κ2) is 27.3. The molecule has 4 aromatic carbocycles. The number of piperidine rings is 1. The highest BCUT2D eigenvalue weighted by Crippen LogP contribution is 2.36. The van der Waals surface area contributed by atoms with Crippen LogP contribution in [-0.2, 0) is 78.5 Å². The van der Waals surface area contributed by atoms with Gasteiger partial charge in [-0.05, 0) is 85.3 Å². The predicted molar refractivity (Wildman–Crippen MR) is 288 cm³/mol. The highest BCUT2D eigenvalue weighted by molar-refractivity contribution is 5.98. The molecule has 10 atom stereocenters. The molecule has 7 rings (SSSR count). The summed E-state index contributed by atoms with van der Waals surface area (Å²) in [5.74, 6) is -11.6. The van der Waals surface area contributed by atoms with E-state index in [1.54, 1.807) is 105 Å². The number of aliphatic hydroxyl groups excluding tert-OH is 1. The monoisotopic (exact) mass is 1090 g/mol. The number of hydrogen-bond acceptors (Lipinski definition) is 12. The van der Waals surface area contributed by atoms with Gasteiger partial charge < -0.3 is 40.3 Å². The molecule has 4 aromatic rings. The Morgan fingerprint density at radius 1 is 0.747 bits per heavy atom. The predicted octanol–water partition coefficient (Wildman–Crippen LogP) is 5.38. The van der Waals surface area contributed by atoms with Crippen molar-refractivity contribution < 1.29 is 62.1 Å². The molecule has 79 heavy (non-hydrogen) atoms. The molecule has 420 valence electrons. The summed E-state index contributed by atoms with van der Waals surface area (Å²) in [4.78, 5) is 133. The highest BCUT2D eigenvalue weighted by atomic mass is 19.1. The van der Waals surface area contributed by atoms with Crippen molar-refractivity contribution in [2.24, 2.45) is 29.6 Å². The van der Waals surface area contributed by atoms with Gasteiger partial charge in [0.15, 0.2) is 11.6 Å². The molecule has 17 nitrogen and oxygen atoms in total. The third-order valence-corrected chi connectivity index (χ3v) is 15.2. The summed E-state index contributed by atoms with van der Waals surface area (Å²) in [6.07, 6.45) is -3.38. The number of Topliss-reactive ketones (excluding diaryl/α,β-unsaturated/α-hetero) is 2. The minimum Gasteiger partial charge on any atom is -0.461 e. The van der Waals surface area contributed by atoms with E-state index in [0.717, 1.165) is 10.5 Å². The number of aliphatic hydroxyl groups is 1. The molecule has 2 heterocycles. The van der Waals surface area contributed by atoms with Crippen LogP contribution in [-0.4, -0.2) is 118 Å². The Hall–Kier alpha value is -7.60. The third kappa shape index (κ3) is 16.0. The lowest BCUT2D eigenvalue weighted by Crippen LogP contribution is -2.62. The van der Waals surface area contributed by atoms with E-state index in [-0.39, 0.29) is 57.5 Å². The number of amides is 5. The minimum atomic E-state index is -1.52. The van der Waals surface area contributed by atoms with Crippen molar-refractivity contribution in [1.29, 1.82) is 0 Å². The molecule has 2 saturated heterocycles. The minimum absolute atomic E-state index is 0.0159. The fourth-order valence-electron chi connectivity index (χ4n) is 10.3. The van der Waals surface area contributed by atoms with Crippen LogP contribution >= 0.6 is 0 Å². The Morgan fingerprint density at radius 3 is 1.94 bits per heavy atom. The molecule has 1 saturated carbocycles. The summed E-state index contributed by atoms with van der Waals surface area (Å²) in [7, 11) is 1.42. The van der Waals surface area contributed by atoms with E-state index in [2.05, 4.69) is 16.0 Å². The molecule has 1 aliphatic carbocycles. The van der Waals surface area contributed by atoms with Gasteiger partial charge in [-0.3, -0.25) is 38.4 Å². The standard InChI is InChI=1S/C61H72FN5O12/c1-36(2)54-61(77)79-38(4)46(34-50(68)47(30-42-22-15-23-45(62)29-42)63-56(72)37(3)28-53(71)78-35-41-20-13-8-14-21-41)57(73)65-55(43-24-25-43)51(69)33-44-26-27-52(70)67(59(44)75)49(32-40-18-11-7-12-19-40)60(76)66(5)48(58(74)64-54)31-39-16-9-6-10-17-39/h6-23,29,36-38,43-44,46-49,52,54-55,70H,24-28,30-35H2,1-5H3,(H,63,72)(H,64,74)(H,65,73)/t37-,38-,44-,46+,47+,48+,49+,52-,54+,55+/m1/s1. The molecule has 5 amide bonds. The number of ether oxygens (including phenoxy) is 2. The lowest BCUT2D eigenvalue weighted by Gasteiger charge is -2.43. The van der Waals surface area contributed by atoms with Crippen molar-refractivity contribution in [3.63, 3.8) is 0 Å². The Morgan fingerprint density at radius 2 is 1.34 bits per heavy atom. The Bertz CT molecular complexity index is 2810. The lowest BCUT2D eigenvalue weighted by atomic mass is 9.86. The molecule has 0 aromatic heterocycles. The normalized spacial score (nSPS) is 24.5. The van der Waals surface area contributed by atoms with Crippen molar-refractivity contribution >= 4 is 53.0 Å². The molecule has 0 radical (unpaired) electrons. The summed E-state index contributed by atoms with van der Waals surface area (Å²) in [6.45, 7) is 6.17. The molecule has 4 N–H and O–H groups in total. The van der Waals surface area contributed by atoms with Gasteiger partial charge in [-0.1, -0.05) is 124 Å². The number of likely N-dealkylation sites (N-methyl/N-ethyl adjacent to an activating group) is 1. The average molecular weight is 1090 g/mol. The van der Waals surface area contributed by atoms with Crippen molar-refractivity contribution in [1.82, 2.24) is 25.8 Å². The fourth-order valence-corrected chi connectivity index (χ4v) is 10.3. The first-order valence-electron chi connectivity index (χ1n) is 27.2. The van der Waals surface area contributed by atoms with Gasteiger partial charge in [0.05, 0.1) is 24.4 Å². The zero-order chi connectivity index (χ0) is 56.9. The van der Waals surface area contributed by atoms with Gasteiger partial charge in [0.1, 0.15) is 42.9 Å². The van der Waals surface area contributed by atoms with Gasteiger partial charge in [0, 0.05) is 44.6 Å². The summed E-state index contributed by atoms with van der Waals surface area (Å²) in [5, 5.41) is 20.0. The smallest absolute Gasteiger partial charge is 0.329 e. The number of halogens is 1.